The molecule has 0 atom stereocenters. The van der Waals surface area contributed by atoms with Gasteiger partial charge in [0.25, 0.3) is 0 Å². The van der Waals surface area contributed by atoms with Crippen molar-refractivity contribution in [1.29, 1.82) is 0 Å². The van der Waals surface area contributed by atoms with Gasteiger partial charge in [0.2, 0.25) is 0 Å². The first kappa shape index (κ1) is 12.4. The number of aryl methyl sites for hydroxylation is 1. The van der Waals surface area contributed by atoms with Gasteiger partial charge in [-0.1, -0.05) is 6.92 Å². The SMILES string of the molecule is CCc1nc(-c2ccc(O)cc2)nc(NC)c1C. The van der Waals surface area contributed by atoms with Gasteiger partial charge in [0.05, 0.1) is 0 Å². The molecule has 18 heavy (non-hydrogen) atoms. The Morgan fingerprint density at radius 3 is 2.39 bits per heavy atom. The summed E-state index contributed by atoms with van der Waals surface area (Å²) >= 11 is 0. The minimum atomic E-state index is 0.246. The Kier molecular flexibility index (Phi) is 3.46. The topological polar surface area (TPSA) is 58.0 Å². The minimum Gasteiger partial charge on any atom is -0.508 e. The molecule has 0 radical (unpaired) electrons. The van der Waals surface area contributed by atoms with E-state index in [4.69, 9.17) is 0 Å². The summed E-state index contributed by atoms with van der Waals surface area (Å²) in [7, 11) is 1.86. The number of aromatic nitrogens is 2. The number of hydrogen-bond acceptors (Lipinski definition) is 4. The van der Waals surface area contributed by atoms with Gasteiger partial charge in [0.1, 0.15) is 11.6 Å². The van der Waals surface area contributed by atoms with Crippen LogP contribution in [0.1, 0.15) is 18.2 Å². The lowest BCUT2D eigenvalue weighted by Crippen LogP contribution is -2.04. The van der Waals surface area contributed by atoms with E-state index in [1.54, 1.807) is 12.1 Å². The standard InChI is InChI=1S/C14H17N3O/c1-4-12-9(2)13(15-3)17-14(16-12)10-5-7-11(18)8-6-10/h5-8,18H,4H2,1-3H3,(H,15,16,17). The molecule has 0 aliphatic rings. The highest BCUT2D eigenvalue weighted by atomic mass is 16.3. The van der Waals surface area contributed by atoms with Crippen molar-refractivity contribution in [2.24, 2.45) is 0 Å². The summed E-state index contributed by atoms with van der Waals surface area (Å²) in [5.41, 5.74) is 3.03. The molecule has 4 nitrogen and oxygen atoms in total. The third-order valence-electron chi connectivity index (χ3n) is 2.94. The number of aromatic hydroxyl groups is 1. The lowest BCUT2D eigenvalue weighted by molar-refractivity contribution is 0.475. The number of nitrogens with one attached hydrogen (secondary N) is 1. The first-order chi connectivity index (χ1) is 8.65. The fourth-order valence-corrected chi connectivity index (χ4v) is 1.89. The average molecular weight is 243 g/mol. The molecule has 1 heterocycles. The Bertz CT molecular complexity index is 524. The number of benzene rings is 1. The summed E-state index contributed by atoms with van der Waals surface area (Å²) in [5.74, 6) is 1.78. The van der Waals surface area contributed by atoms with Crippen LogP contribution in [0.2, 0.25) is 0 Å². The Morgan fingerprint density at radius 1 is 1.17 bits per heavy atom. The summed E-state index contributed by atoms with van der Waals surface area (Å²) in [6.07, 6.45) is 0.869. The molecule has 0 saturated carbocycles. The third-order valence-corrected chi connectivity index (χ3v) is 2.94. The molecule has 1 aromatic heterocycles. The van der Waals surface area contributed by atoms with E-state index in [0.717, 1.165) is 29.1 Å². The second kappa shape index (κ2) is 5.04. The van der Waals surface area contributed by atoms with Crippen molar-refractivity contribution in [3.8, 4) is 17.1 Å². The highest BCUT2D eigenvalue weighted by molar-refractivity contribution is 5.60. The van der Waals surface area contributed by atoms with E-state index in [0.29, 0.717) is 5.82 Å². The summed E-state index contributed by atoms with van der Waals surface area (Å²) in [6.45, 7) is 4.10. The molecule has 2 aromatic rings. The fourth-order valence-electron chi connectivity index (χ4n) is 1.89. The van der Waals surface area contributed by atoms with Crippen LogP contribution in [0.3, 0.4) is 0 Å². The molecule has 94 valence electrons. The van der Waals surface area contributed by atoms with Crippen molar-refractivity contribution in [2.75, 3.05) is 12.4 Å². The van der Waals surface area contributed by atoms with Crippen molar-refractivity contribution >= 4 is 5.82 Å². The van der Waals surface area contributed by atoms with Crippen LogP contribution in [0.15, 0.2) is 24.3 Å². The van der Waals surface area contributed by atoms with Crippen LogP contribution in [-0.2, 0) is 6.42 Å². The maximum atomic E-state index is 9.30. The molecule has 0 unspecified atom stereocenters. The fraction of sp³-hybridized carbons (Fsp3) is 0.286. The smallest absolute Gasteiger partial charge is 0.161 e. The molecule has 0 fully saturated rings. The first-order valence-corrected chi connectivity index (χ1v) is 6.00. The highest BCUT2D eigenvalue weighted by Gasteiger charge is 2.10. The zero-order valence-electron chi connectivity index (χ0n) is 10.9. The number of rotatable bonds is 3. The van der Waals surface area contributed by atoms with Crippen LogP contribution in [0.4, 0.5) is 5.82 Å². The summed E-state index contributed by atoms with van der Waals surface area (Å²) in [5, 5.41) is 12.4. The molecule has 1 aromatic carbocycles. The van der Waals surface area contributed by atoms with E-state index in [1.807, 2.05) is 26.1 Å². The number of anilines is 1. The van der Waals surface area contributed by atoms with E-state index in [2.05, 4.69) is 22.2 Å². The number of phenols is 1. The van der Waals surface area contributed by atoms with Crippen molar-refractivity contribution in [2.45, 2.75) is 20.3 Å². The molecule has 0 bridgehead atoms. The van der Waals surface area contributed by atoms with E-state index in [-0.39, 0.29) is 5.75 Å². The van der Waals surface area contributed by atoms with Crippen LogP contribution in [0.5, 0.6) is 5.75 Å². The van der Waals surface area contributed by atoms with Gasteiger partial charge in [-0.15, -0.1) is 0 Å². The molecule has 0 aliphatic heterocycles. The van der Waals surface area contributed by atoms with E-state index in [1.165, 1.54) is 0 Å². The maximum absolute atomic E-state index is 9.30. The van der Waals surface area contributed by atoms with Gasteiger partial charge < -0.3 is 10.4 Å². The van der Waals surface area contributed by atoms with E-state index in [9.17, 15) is 5.11 Å². The zero-order chi connectivity index (χ0) is 13.1. The Hall–Kier alpha value is -2.10. The quantitative estimate of drug-likeness (QED) is 0.870. The summed E-state index contributed by atoms with van der Waals surface area (Å²) in [6, 6.07) is 6.92. The lowest BCUT2D eigenvalue weighted by Gasteiger charge is -2.11. The predicted molar refractivity (Wildman–Crippen MR) is 72.8 cm³/mol. The number of nitrogens with zero attached hydrogens (tertiary/aromatic N) is 2. The molecule has 0 saturated heterocycles. The van der Waals surface area contributed by atoms with Crippen molar-refractivity contribution in [3.05, 3.63) is 35.5 Å². The van der Waals surface area contributed by atoms with Gasteiger partial charge in [-0.3, -0.25) is 0 Å². The van der Waals surface area contributed by atoms with E-state index >= 15 is 0 Å². The molecular formula is C14H17N3O. The molecule has 0 spiro atoms. The molecular weight excluding hydrogens is 226 g/mol. The molecule has 2 rings (SSSR count). The van der Waals surface area contributed by atoms with Crippen LogP contribution in [0.25, 0.3) is 11.4 Å². The van der Waals surface area contributed by atoms with Crippen LogP contribution < -0.4 is 5.32 Å². The van der Waals surface area contributed by atoms with Gasteiger partial charge >= 0.3 is 0 Å². The van der Waals surface area contributed by atoms with Gasteiger partial charge in [0.15, 0.2) is 5.82 Å². The highest BCUT2D eigenvalue weighted by Crippen LogP contribution is 2.23. The molecule has 0 aliphatic carbocycles. The van der Waals surface area contributed by atoms with Crippen molar-refractivity contribution in [3.63, 3.8) is 0 Å². The third kappa shape index (κ3) is 2.27. The Labute approximate surface area is 107 Å². The van der Waals surface area contributed by atoms with Crippen LogP contribution in [0, 0.1) is 6.92 Å². The van der Waals surface area contributed by atoms with Crippen molar-refractivity contribution in [1.82, 2.24) is 9.97 Å². The summed E-state index contributed by atoms with van der Waals surface area (Å²) < 4.78 is 0. The lowest BCUT2D eigenvalue weighted by atomic mass is 10.1. The summed E-state index contributed by atoms with van der Waals surface area (Å²) in [4.78, 5) is 9.06. The number of phenolic OH excluding ortho intramolecular Hbond substituents is 1. The average Bonchev–Trinajstić information content (AvgIpc) is 2.40. The van der Waals surface area contributed by atoms with Crippen LogP contribution in [-0.4, -0.2) is 22.1 Å². The van der Waals surface area contributed by atoms with Crippen molar-refractivity contribution < 1.29 is 5.11 Å². The molecule has 2 N–H and O–H groups in total. The maximum Gasteiger partial charge on any atom is 0.161 e. The number of hydrogen-bond donors (Lipinski definition) is 2. The monoisotopic (exact) mass is 243 g/mol. The molecule has 0 amide bonds. The molecule has 4 heteroatoms. The van der Waals surface area contributed by atoms with Gasteiger partial charge in [-0.25, -0.2) is 9.97 Å². The van der Waals surface area contributed by atoms with Gasteiger partial charge in [0, 0.05) is 23.9 Å². The normalized spacial score (nSPS) is 10.4. The first-order valence-electron chi connectivity index (χ1n) is 6.00. The predicted octanol–water partition coefficient (Wildman–Crippen LogP) is 2.76. The van der Waals surface area contributed by atoms with Gasteiger partial charge in [-0.2, -0.15) is 0 Å². The Balaban J connectivity index is 2.54. The van der Waals surface area contributed by atoms with Crippen LogP contribution >= 0.6 is 0 Å². The Morgan fingerprint density at radius 2 is 1.83 bits per heavy atom. The second-order valence-corrected chi connectivity index (χ2v) is 4.12. The van der Waals surface area contributed by atoms with Gasteiger partial charge in [-0.05, 0) is 37.6 Å². The largest absolute Gasteiger partial charge is 0.508 e. The zero-order valence-corrected chi connectivity index (χ0v) is 10.9. The van der Waals surface area contributed by atoms with E-state index < -0.39 is 0 Å². The second-order valence-electron chi connectivity index (χ2n) is 4.12. The minimum absolute atomic E-state index is 0.246.